The second-order valence-electron chi connectivity index (χ2n) is 4.48. The summed E-state index contributed by atoms with van der Waals surface area (Å²) in [6, 6.07) is 2.68. The number of rotatable bonds is 2. The Balaban J connectivity index is 2.22. The van der Waals surface area contributed by atoms with E-state index in [0.29, 0.717) is 18.9 Å². The maximum atomic E-state index is 12.9. The number of carbonyl (C=O) groups excluding carboxylic acids is 1. The summed E-state index contributed by atoms with van der Waals surface area (Å²) in [5.41, 5.74) is 0. The minimum absolute atomic E-state index is 0.0216. The highest BCUT2D eigenvalue weighted by Crippen LogP contribution is 2.16. The maximum Gasteiger partial charge on any atom is 0.246 e. The van der Waals surface area contributed by atoms with Crippen molar-refractivity contribution in [2.45, 2.75) is 6.04 Å². The van der Waals surface area contributed by atoms with Gasteiger partial charge in [-0.3, -0.25) is 4.79 Å². The summed E-state index contributed by atoms with van der Waals surface area (Å²) in [7, 11) is 3.46. The first-order chi connectivity index (χ1) is 8.59. The van der Waals surface area contributed by atoms with Crippen LogP contribution in [0.2, 0.25) is 0 Å². The van der Waals surface area contributed by atoms with Crippen LogP contribution < -0.4 is 10.2 Å². The van der Waals surface area contributed by atoms with Crippen LogP contribution in [0.15, 0.2) is 18.3 Å². The Morgan fingerprint density at radius 3 is 2.94 bits per heavy atom. The van der Waals surface area contributed by atoms with Gasteiger partial charge >= 0.3 is 0 Å². The smallest absolute Gasteiger partial charge is 0.246 e. The standard InChI is InChI=1S/C12H17FN4O/c1-16(2)12(18)10-8-14-5-6-17(10)11-4-3-9(13)7-15-11/h3-4,7,10,14H,5-6,8H2,1-2H3. The topological polar surface area (TPSA) is 48.5 Å². The third-order valence-corrected chi connectivity index (χ3v) is 2.98. The van der Waals surface area contributed by atoms with E-state index in [1.54, 1.807) is 25.1 Å². The van der Waals surface area contributed by atoms with Gasteiger partial charge in [0.1, 0.15) is 17.7 Å². The molecular weight excluding hydrogens is 235 g/mol. The average molecular weight is 252 g/mol. The summed E-state index contributed by atoms with van der Waals surface area (Å²) in [4.78, 5) is 19.6. The third-order valence-electron chi connectivity index (χ3n) is 2.98. The first-order valence-corrected chi connectivity index (χ1v) is 5.89. The molecule has 0 spiro atoms. The van der Waals surface area contributed by atoms with Crippen LogP contribution in [0.3, 0.4) is 0 Å². The van der Waals surface area contributed by atoms with Crippen LogP contribution in [-0.4, -0.2) is 55.6 Å². The molecule has 98 valence electrons. The van der Waals surface area contributed by atoms with Crippen LogP contribution in [0.5, 0.6) is 0 Å². The Kier molecular flexibility index (Phi) is 3.76. The number of hydrogen-bond acceptors (Lipinski definition) is 4. The first-order valence-electron chi connectivity index (χ1n) is 5.89. The zero-order chi connectivity index (χ0) is 13.1. The SMILES string of the molecule is CN(C)C(=O)C1CNCCN1c1ccc(F)cn1. The second kappa shape index (κ2) is 5.30. The minimum Gasteiger partial charge on any atom is -0.347 e. The average Bonchev–Trinajstić information content (AvgIpc) is 2.39. The molecule has 2 heterocycles. The fourth-order valence-electron chi connectivity index (χ4n) is 2.04. The molecule has 0 aliphatic carbocycles. The van der Waals surface area contributed by atoms with Crippen molar-refractivity contribution in [1.82, 2.24) is 15.2 Å². The van der Waals surface area contributed by atoms with Gasteiger partial charge in [0.2, 0.25) is 5.91 Å². The molecule has 1 saturated heterocycles. The van der Waals surface area contributed by atoms with Gasteiger partial charge in [-0.2, -0.15) is 0 Å². The number of carbonyl (C=O) groups is 1. The van der Waals surface area contributed by atoms with Crippen molar-refractivity contribution < 1.29 is 9.18 Å². The number of halogens is 1. The maximum absolute atomic E-state index is 12.9. The molecule has 1 aliphatic heterocycles. The largest absolute Gasteiger partial charge is 0.347 e. The Morgan fingerprint density at radius 1 is 1.56 bits per heavy atom. The molecular formula is C12H17FN4O. The van der Waals surface area contributed by atoms with E-state index in [1.807, 2.05) is 4.90 Å². The number of likely N-dealkylation sites (N-methyl/N-ethyl adjacent to an activating group) is 1. The molecule has 1 aromatic heterocycles. The molecule has 1 atom stereocenters. The predicted molar refractivity (Wildman–Crippen MR) is 66.9 cm³/mol. The van der Waals surface area contributed by atoms with E-state index >= 15 is 0 Å². The lowest BCUT2D eigenvalue weighted by Crippen LogP contribution is -2.58. The molecule has 1 unspecified atom stereocenters. The van der Waals surface area contributed by atoms with Crippen molar-refractivity contribution in [2.75, 3.05) is 38.6 Å². The van der Waals surface area contributed by atoms with E-state index in [9.17, 15) is 9.18 Å². The van der Waals surface area contributed by atoms with E-state index in [2.05, 4.69) is 10.3 Å². The number of anilines is 1. The Labute approximate surface area is 106 Å². The van der Waals surface area contributed by atoms with Crippen LogP contribution in [0, 0.1) is 5.82 Å². The highest BCUT2D eigenvalue weighted by molar-refractivity contribution is 5.85. The normalized spacial score (nSPS) is 19.7. The molecule has 1 N–H and O–H groups in total. The van der Waals surface area contributed by atoms with Gasteiger partial charge in [-0.25, -0.2) is 9.37 Å². The molecule has 1 amide bonds. The number of pyridine rings is 1. The third kappa shape index (κ3) is 2.59. The summed E-state index contributed by atoms with van der Waals surface area (Å²) in [5.74, 6) is 0.288. The molecule has 1 aromatic rings. The van der Waals surface area contributed by atoms with Gasteiger partial charge in [-0.1, -0.05) is 0 Å². The van der Waals surface area contributed by atoms with Crippen LogP contribution >= 0.6 is 0 Å². The summed E-state index contributed by atoms with van der Waals surface area (Å²) >= 11 is 0. The van der Waals surface area contributed by atoms with Crippen molar-refractivity contribution in [1.29, 1.82) is 0 Å². The lowest BCUT2D eigenvalue weighted by atomic mass is 10.1. The van der Waals surface area contributed by atoms with Crippen molar-refractivity contribution in [3.8, 4) is 0 Å². The number of hydrogen-bond donors (Lipinski definition) is 1. The first kappa shape index (κ1) is 12.8. The number of nitrogens with one attached hydrogen (secondary N) is 1. The Hall–Kier alpha value is -1.69. The van der Waals surface area contributed by atoms with Gasteiger partial charge in [0, 0.05) is 33.7 Å². The fourth-order valence-corrected chi connectivity index (χ4v) is 2.04. The minimum atomic E-state index is -0.371. The summed E-state index contributed by atoms with van der Waals surface area (Å²) in [6.07, 6.45) is 1.18. The highest BCUT2D eigenvalue weighted by atomic mass is 19.1. The lowest BCUT2D eigenvalue weighted by molar-refractivity contribution is -0.130. The number of nitrogens with zero attached hydrogens (tertiary/aromatic N) is 3. The van der Waals surface area contributed by atoms with Crippen LogP contribution in [-0.2, 0) is 4.79 Å². The highest BCUT2D eigenvalue weighted by Gasteiger charge is 2.30. The summed E-state index contributed by atoms with van der Waals surface area (Å²) in [5, 5.41) is 3.19. The summed E-state index contributed by atoms with van der Waals surface area (Å²) in [6.45, 7) is 2.05. The van der Waals surface area contributed by atoms with Gasteiger partial charge < -0.3 is 15.1 Å². The summed E-state index contributed by atoms with van der Waals surface area (Å²) < 4.78 is 12.9. The molecule has 6 heteroatoms. The van der Waals surface area contributed by atoms with Crippen LogP contribution in [0.1, 0.15) is 0 Å². The van der Waals surface area contributed by atoms with Crippen LogP contribution in [0.25, 0.3) is 0 Å². The molecule has 1 fully saturated rings. The van der Waals surface area contributed by atoms with Gasteiger partial charge in [0.05, 0.1) is 6.20 Å². The second-order valence-corrected chi connectivity index (χ2v) is 4.48. The van der Waals surface area contributed by atoms with Crippen molar-refractivity contribution in [3.05, 3.63) is 24.1 Å². The zero-order valence-electron chi connectivity index (χ0n) is 10.6. The Bertz CT molecular complexity index is 421. The quantitative estimate of drug-likeness (QED) is 0.810. The molecule has 0 saturated carbocycles. The van der Waals surface area contributed by atoms with Crippen molar-refractivity contribution in [3.63, 3.8) is 0 Å². The van der Waals surface area contributed by atoms with E-state index in [0.717, 1.165) is 6.54 Å². The van der Waals surface area contributed by atoms with Gasteiger partial charge in [-0.05, 0) is 12.1 Å². The van der Waals surface area contributed by atoms with Gasteiger partial charge in [0.25, 0.3) is 0 Å². The van der Waals surface area contributed by atoms with Crippen molar-refractivity contribution in [2.24, 2.45) is 0 Å². The molecule has 5 nitrogen and oxygen atoms in total. The lowest BCUT2D eigenvalue weighted by Gasteiger charge is -2.37. The predicted octanol–water partition coefficient (Wildman–Crippen LogP) is 0.0871. The monoisotopic (exact) mass is 252 g/mol. The van der Waals surface area contributed by atoms with E-state index in [-0.39, 0.29) is 17.8 Å². The van der Waals surface area contributed by atoms with E-state index in [4.69, 9.17) is 0 Å². The van der Waals surface area contributed by atoms with Gasteiger partial charge in [-0.15, -0.1) is 0 Å². The van der Waals surface area contributed by atoms with E-state index in [1.165, 1.54) is 12.3 Å². The Morgan fingerprint density at radius 2 is 2.33 bits per heavy atom. The van der Waals surface area contributed by atoms with E-state index < -0.39 is 0 Å². The number of amides is 1. The number of aromatic nitrogens is 1. The van der Waals surface area contributed by atoms with Crippen molar-refractivity contribution >= 4 is 11.7 Å². The molecule has 18 heavy (non-hydrogen) atoms. The molecule has 0 bridgehead atoms. The van der Waals surface area contributed by atoms with Crippen LogP contribution in [0.4, 0.5) is 10.2 Å². The van der Waals surface area contributed by atoms with Gasteiger partial charge in [0.15, 0.2) is 0 Å². The molecule has 0 aromatic carbocycles. The molecule has 0 radical (unpaired) electrons. The molecule has 2 rings (SSSR count). The zero-order valence-corrected chi connectivity index (χ0v) is 10.6. The molecule has 1 aliphatic rings. The number of piperazine rings is 1. The fraction of sp³-hybridized carbons (Fsp3) is 0.500.